The average Bonchev–Trinajstić information content (AvgIpc) is 2.76. The molecule has 2 N–H and O–H groups in total. The third-order valence-corrected chi connectivity index (χ3v) is 5.05. The lowest BCUT2D eigenvalue weighted by Gasteiger charge is -2.23. The highest BCUT2D eigenvalue weighted by Crippen LogP contribution is 2.38. The van der Waals surface area contributed by atoms with Crippen molar-refractivity contribution in [3.8, 4) is 23.0 Å². The quantitative estimate of drug-likeness (QED) is 0.673. The second-order valence-electron chi connectivity index (χ2n) is 7.26. The number of rotatable bonds is 7. The number of anilines is 1. The first-order chi connectivity index (χ1) is 14.8. The van der Waals surface area contributed by atoms with Crippen LogP contribution in [0.3, 0.4) is 0 Å². The van der Waals surface area contributed by atoms with Crippen molar-refractivity contribution in [3.05, 3.63) is 40.9 Å². The molecule has 31 heavy (non-hydrogen) atoms. The summed E-state index contributed by atoms with van der Waals surface area (Å²) in [4.78, 5) is 25.8. The van der Waals surface area contributed by atoms with Crippen LogP contribution in [0.5, 0.6) is 23.0 Å². The minimum atomic E-state index is -0.811. The van der Waals surface area contributed by atoms with Crippen LogP contribution in [0.25, 0.3) is 0 Å². The summed E-state index contributed by atoms with van der Waals surface area (Å²) in [7, 11) is 3.00. The van der Waals surface area contributed by atoms with E-state index in [0.29, 0.717) is 52.5 Å². The summed E-state index contributed by atoms with van der Waals surface area (Å²) in [6.45, 7) is 4.52. The number of hydrogen-bond acceptors (Lipinski definition) is 6. The van der Waals surface area contributed by atoms with Gasteiger partial charge in [0.1, 0.15) is 30.8 Å². The first kappa shape index (κ1) is 22.6. The van der Waals surface area contributed by atoms with Crippen molar-refractivity contribution in [3.63, 3.8) is 0 Å². The molecule has 0 saturated heterocycles. The molecule has 0 bridgehead atoms. The van der Waals surface area contributed by atoms with E-state index in [1.54, 1.807) is 30.3 Å². The van der Waals surface area contributed by atoms with Crippen LogP contribution < -0.4 is 29.6 Å². The molecular formula is C22H25ClN2O6. The van der Waals surface area contributed by atoms with Crippen LogP contribution in [0.15, 0.2) is 30.3 Å². The summed E-state index contributed by atoms with van der Waals surface area (Å²) >= 11 is 6.29. The third kappa shape index (κ3) is 5.32. The van der Waals surface area contributed by atoms with Gasteiger partial charge in [-0.2, -0.15) is 0 Å². The lowest BCUT2D eigenvalue weighted by molar-refractivity contribution is -0.118. The normalized spacial score (nSPS) is 13.4. The monoisotopic (exact) mass is 448 g/mol. The SMILES string of the molecule is COc1cc(OC)cc(C(=O)N[C@H](C(=O)Nc2cc3c(cc2Cl)OCCO3)C(C)C)c1. The van der Waals surface area contributed by atoms with Crippen molar-refractivity contribution in [2.24, 2.45) is 5.92 Å². The van der Waals surface area contributed by atoms with E-state index in [1.165, 1.54) is 14.2 Å². The number of ether oxygens (including phenoxy) is 4. The minimum Gasteiger partial charge on any atom is -0.497 e. The smallest absolute Gasteiger partial charge is 0.252 e. The van der Waals surface area contributed by atoms with E-state index in [0.717, 1.165) is 0 Å². The van der Waals surface area contributed by atoms with Gasteiger partial charge >= 0.3 is 0 Å². The van der Waals surface area contributed by atoms with Gasteiger partial charge < -0.3 is 29.6 Å². The van der Waals surface area contributed by atoms with Gasteiger partial charge in [0, 0.05) is 23.8 Å². The van der Waals surface area contributed by atoms with Crippen molar-refractivity contribution in [1.82, 2.24) is 5.32 Å². The third-order valence-electron chi connectivity index (χ3n) is 4.74. The molecule has 0 aliphatic carbocycles. The molecule has 0 spiro atoms. The van der Waals surface area contributed by atoms with Crippen LogP contribution in [0.1, 0.15) is 24.2 Å². The number of nitrogens with one attached hydrogen (secondary N) is 2. The molecule has 0 aromatic heterocycles. The number of amides is 2. The highest BCUT2D eigenvalue weighted by molar-refractivity contribution is 6.34. The van der Waals surface area contributed by atoms with Gasteiger partial charge in [0.15, 0.2) is 11.5 Å². The fourth-order valence-corrected chi connectivity index (χ4v) is 3.27. The van der Waals surface area contributed by atoms with Crippen molar-refractivity contribution in [2.45, 2.75) is 19.9 Å². The van der Waals surface area contributed by atoms with Crippen LogP contribution in [0.2, 0.25) is 5.02 Å². The van der Waals surface area contributed by atoms with E-state index in [2.05, 4.69) is 10.6 Å². The number of hydrogen-bond donors (Lipinski definition) is 2. The molecule has 2 aromatic rings. The first-order valence-electron chi connectivity index (χ1n) is 9.76. The molecule has 166 valence electrons. The molecule has 1 heterocycles. The number of methoxy groups -OCH3 is 2. The van der Waals surface area contributed by atoms with Crippen molar-refractivity contribution < 1.29 is 28.5 Å². The topological polar surface area (TPSA) is 95.1 Å². The molecule has 0 radical (unpaired) electrons. The van der Waals surface area contributed by atoms with Crippen molar-refractivity contribution in [1.29, 1.82) is 0 Å². The van der Waals surface area contributed by atoms with Crippen LogP contribution in [-0.2, 0) is 4.79 Å². The van der Waals surface area contributed by atoms with E-state index in [1.807, 2.05) is 13.8 Å². The predicted octanol–water partition coefficient (Wildman–Crippen LogP) is 3.52. The molecule has 0 fully saturated rings. The Morgan fingerprint density at radius 1 is 0.968 bits per heavy atom. The van der Waals surface area contributed by atoms with Gasteiger partial charge in [0.25, 0.3) is 5.91 Å². The molecule has 1 aliphatic rings. The van der Waals surface area contributed by atoms with Gasteiger partial charge in [-0.1, -0.05) is 25.4 Å². The average molecular weight is 449 g/mol. The number of carbonyl (C=O) groups is 2. The Morgan fingerprint density at radius 2 is 1.55 bits per heavy atom. The number of fused-ring (bicyclic) bond motifs is 1. The number of carbonyl (C=O) groups excluding carboxylic acids is 2. The van der Waals surface area contributed by atoms with E-state index < -0.39 is 17.9 Å². The van der Waals surface area contributed by atoms with Gasteiger partial charge in [-0.05, 0) is 18.1 Å². The van der Waals surface area contributed by atoms with E-state index in [4.69, 9.17) is 30.5 Å². The largest absolute Gasteiger partial charge is 0.497 e. The van der Waals surface area contributed by atoms with Gasteiger partial charge in [-0.25, -0.2) is 0 Å². The highest BCUT2D eigenvalue weighted by Gasteiger charge is 2.26. The molecule has 2 amide bonds. The zero-order chi connectivity index (χ0) is 22.5. The van der Waals surface area contributed by atoms with Gasteiger partial charge in [0.05, 0.1) is 24.9 Å². The fraction of sp³-hybridized carbons (Fsp3) is 0.364. The molecule has 0 unspecified atom stereocenters. The Bertz CT molecular complexity index is 956. The molecule has 1 atom stereocenters. The predicted molar refractivity (Wildman–Crippen MR) is 117 cm³/mol. The van der Waals surface area contributed by atoms with E-state index in [-0.39, 0.29) is 5.92 Å². The van der Waals surface area contributed by atoms with E-state index >= 15 is 0 Å². The van der Waals surface area contributed by atoms with Crippen LogP contribution in [0.4, 0.5) is 5.69 Å². The molecule has 0 saturated carbocycles. The lowest BCUT2D eigenvalue weighted by atomic mass is 10.0. The number of halogens is 1. The summed E-state index contributed by atoms with van der Waals surface area (Å²) < 4.78 is 21.5. The maximum Gasteiger partial charge on any atom is 0.252 e. The summed E-state index contributed by atoms with van der Waals surface area (Å²) in [5, 5.41) is 5.86. The molecule has 1 aliphatic heterocycles. The maximum atomic E-state index is 13.0. The van der Waals surface area contributed by atoms with E-state index in [9.17, 15) is 9.59 Å². The molecular weight excluding hydrogens is 424 g/mol. The standard InChI is InChI=1S/C22H25ClN2O6/c1-12(2)20(25-21(26)13-7-14(28-3)9-15(8-13)29-4)22(27)24-17-11-19-18(10-16(17)23)30-5-6-31-19/h7-12,20H,5-6H2,1-4H3,(H,24,27)(H,25,26)/t20-/m0/s1. The second-order valence-corrected chi connectivity index (χ2v) is 7.67. The van der Waals surface area contributed by atoms with Crippen LogP contribution >= 0.6 is 11.6 Å². The zero-order valence-electron chi connectivity index (χ0n) is 17.8. The van der Waals surface area contributed by atoms with Gasteiger partial charge in [0.2, 0.25) is 5.91 Å². The summed E-state index contributed by atoms with van der Waals surface area (Å²) in [5.74, 6) is 0.939. The first-order valence-corrected chi connectivity index (χ1v) is 10.1. The summed E-state index contributed by atoms with van der Waals surface area (Å²) in [6, 6.07) is 7.20. The Balaban J connectivity index is 1.78. The van der Waals surface area contributed by atoms with Gasteiger partial charge in [-0.3, -0.25) is 9.59 Å². The van der Waals surface area contributed by atoms with Gasteiger partial charge in [-0.15, -0.1) is 0 Å². The Morgan fingerprint density at radius 3 is 2.10 bits per heavy atom. The maximum absolute atomic E-state index is 13.0. The Labute approximate surface area is 185 Å². The lowest BCUT2D eigenvalue weighted by Crippen LogP contribution is -2.47. The molecule has 8 nitrogen and oxygen atoms in total. The number of benzene rings is 2. The molecule has 3 rings (SSSR count). The highest BCUT2D eigenvalue weighted by atomic mass is 35.5. The van der Waals surface area contributed by atoms with Crippen LogP contribution in [0, 0.1) is 5.92 Å². The minimum absolute atomic E-state index is 0.188. The van der Waals surface area contributed by atoms with Crippen molar-refractivity contribution >= 4 is 29.1 Å². The fourth-order valence-electron chi connectivity index (χ4n) is 3.07. The molecule has 2 aromatic carbocycles. The second kappa shape index (κ2) is 9.78. The Kier molecular flexibility index (Phi) is 7.12. The van der Waals surface area contributed by atoms with Crippen LogP contribution in [-0.4, -0.2) is 45.3 Å². The molecule has 9 heteroatoms. The van der Waals surface area contributed by atoms with Crippen molar-refractivity contribution in [2.75, 3.05) is 32.8 Å². The zero-order valence-corrected chi connectivity index (χ0v) is 18.5. The summed E-state index contributed by atoms with van der Waals surface area (Å²) in [6.07, 6.45) is 0. The Hall–Kier alpha value is -3.13. The summed E-state index contributed by atoms with van der Waals surface area (Å²) in [5.41, 5.74) is 0.686.